The van der Waals surface area contributed by atoms with Crippen LogP contribution in [0, 0.1) is 11.8 Å². The molecule has 1 aliphatic carbocycles. The highest BCUT2D eigenvalue weighted by molar-refractivity contribution is 6.00. The van der Waals surface area contributed by atoms with Gasteiger partial charge in [-0.1, -0.05) is 61.5 Å². The Morgan fingerprint density at radius 2 is 1.74 bits per heavy atom. The molecule has 34 heavy (non-hydrogen) atoms. The fourth-order valence-electron chi connectivity index (χ4n) is 4.20. The summed E-state index contributed by atoms with van der Waals surface area (Å²) in [6, 6.07) is 19.8. The van der Waals surface area contributed by atoms with Crippen LogP contribution in [0.5, 0.6) is 0 Å². The summed E-state index contributed by atoms with van der Waals surface area (Å²) in [5, 5.41) is 14.8. The molecule has 2 unspecified atom stereocenters. The third-order valence-electron chi connectivity index (χ3n) is 6.07. The average Bonchev–Trinajstić information content (AvgIpc) is 2.84. The molecule has 3 aromatic carbocycles. The van der Waals surface area contributed by atoms with Crippen molar-refractivity contribution < 1.29 is 19.1 Å². The van der Waals surface area contributed by atoms with E-state index in [1.54, 1.807) is 43.3 Å². The van der Waals surface area contributed by atoms with Gasteiger partial charge in [0.1, 0.15) is 0 Å². The van der Waals surface area contributed by atoms with Crippen LogP contribution in [0.2, 0.25) is 0 Å². The molecule has 7 nitrogen and oxygen atoms in total. The number of nitrogens with zero attached hydrogens (tertiary/aromatic N) is 1. The van der Waals surface area contributed by atoms with Crippen molar-refractivity contribution in [2.24, 2.45) is 11.8 Å². The van der Waals surface area contributed by atoms with Crippen molar-refractivity contribution in [2.45, 2.75) is 6.92 Å². The van der Waals surface area contributed by atoms with Crippen LogP contribution in [0.15, 0.2) is 93.8 Å². The fourth-order valence-corrected chi connectivity index (χ4v) is 4.20. The molecule has 7 heteroatoms. The molecule has 1 aliphatic rings. The van der Waals surface area contributed by atoms with E-state index in [1.807, 2.05) is 30.3 Å². The molecule has 0 saturated carbocycles. The van der Waals surface area contributed by atoms with Crippen molar-refractivity contribution in [3.8, 4) is 0 Å². The predicted molar refractivity (Wildman–Crippen MR) is 128 cm³/mol. The van der Waals surface area contributed by atoms with Gasteiger partial charge < -0.3 is 14.8 Å². The largest absolute Gasteiger partial charge is 0.481 e. The van der Waals surface area contributed by atoms with Gasteiger partial charge in [0.2, 0.25) is 5.89 Å². The standard InChI is InChI=1S/C27H20N2O5/c1-15-19(26(31)32)12-13-21(25-28-22-9-5-4-8-20(22)27(33)34-25)23(15)29-24(30)18-11-10-16-6-2-3-7-17(16)14-18/h2-15,19H,1H3,(H,29,30)(H,31,32). The van der Waals surface area contributed by atoms with Crippen molar-refractivity contribution in [3.05, 3.63) is 106 Å². The Kier molecular flexibility index (Phi) is 5.30. The second kappa shape index (κ2) is 8.44. The zero-order valence-corrected chi connectivity index (χ0v) is 18.2. The molecule has 5 rings (SSSR count). The lowest BCUT2D eigenvalue weighted by Crippen LogP contribution is -2.34. The minimum Gasteiger partial charge on any atom is -0.481 e. The molecule has 1 amide bonds. The number of amides is 1. The van der Waals surface area contributed by atoms with E-state index in [1.165, 1.54) is 12.2 Å². The third kappa shape index (κ3) is 3.77. The maximum Gasteiger partial charge on any atom is 0.347 e. The van der Waals surface area contributed by atoms with Crippen LogP contribution >= 0.6 is 0 Å². The number of rotatable bonds is 4. The van der Waals surface area contributed by atoms with Crippen LogP contribution in [-0.4, -0.2) is 22.0 Å². The zero-order valence-electron chi connectivity index (χ0n) is 18.2. The van der Waals surface area contributed by atoms with Crippen molar-refractivity contribution in [2.75, 3.05) is 0 Å². The van der Waals surface area contributed by atoms with Crippen LogP contribution in [0.4, 0.5) is 0 Å². The number of aliphatic carboxylic acids is 1. The van der Waals surface area contributed by atoms with E-state index < -0.39 is 29.3 Å². The van der Waals surface area contributed by atoms with E-state index in [0.29, 0.717) is 27.7 Å². The number of allylic oxidation sites excluding steroid dienone is 3. The number of hydrogen-bond donors (Lipinski definition) is 2. The van der Waals surface area contributed by atoms with E-state index in [9.17, 15) is 19.5 Å². The van der Waals surface area contributed by atoms with Crippen LogP contribution < -0.4 is 10.9 Å². The number of benzene rings is 3. The van der Waals surface area contributed by atoms with E-state index in [-0.39, 0.29) is 5.89 Å². The topological polar surface area (TPSA) is 110 Å². The number of para-hydroxylation sites is 1. The van der Waals surface area contributed by atoms with Crippen LogP contribution in [-0.2, 0) is 4.79 Å². The Hall–Kier alpha value is -4.52. The van der Waals surface area contributed by atoms with Gasteiger partial charge in [-0.05, 0) is 35.0 Å². The molecule has 0 fully saturated rings. The van der Waals surface area contributed by atoms with Gasteiger partial charge in [0.25, 0.3) is 5.91 Å². The molecule has 168 valence electrons. The number of carboxylic acids is 1. The third-order valence-corrected chi connectivity index (χ3v) is 6.07. The number of carboxylic acid groups (broad SMARTS) is 1. The van der Waals surface area contributed by atoms with Gasteiger partial charge >= 0.3 is 11.6 Å². The van der Waals surface area contributed by atoms with E-state index in [4.69, 9.17) is 4.42 Å². The number of fused-ring (bicyclic) bond motifs is 2. The first-order valence-electron chi connectivity index (χ1n) is 10.8. The highest BCUT2D eigenvalue weighted by Gasteiger charge is 2.33. The van der Waals surface area contributed by atoms with Gasteiger partial charge in [-0.3, -0.25) is 9.59 Å². The van der Waals surface area contributed by atoms with Crippen molar-refractivity contribution in [1.82, 2.24) is 10.3 Å². The first-order valence-corrected chi connectivity index (χ1v) is 10.8. The minimum absolute atomic E-state index is 0.0180. The lowest BCUT2D eigenvalue weighted by Gasteiger charge is -2.27. The van der Waals surface area contributed by atoms with Gasteiger partial charge in [-0.2, -0.15) is 0 Å². The molecule has 1 heterocycles. The van der Waals surface area contributed by atoms with Crippen molar-refractivity contribution >= 4 is 39.1 Å². The van der Waals surface area contributed by atoms with Gasteiger partial charge in [0.05, 0.1) is 22.4 Å². The maximum absolute atomic E-state index is 13.2. The lowest BCUT2D eigenvalue weighted by molar-refractivity contribution is -0.141. The lowest BCUT2D eigenvalue weighted by atomic mass is 9.83. The Bertz CT molecular complexity index is 1580. The van der Waals surface area contributed by atoms with Crippen molar-refractivity contribution in [1.29, 1.82) is 0 Å². The average molecular weight is 452 g/mol. The molecule has 0 aliphatic heterocycles. The molecule has 4 aromatic rings. The number of nitrogens with one attached hydrogen (secondary N) is 1. The second-order valence-electron chi connectivity index (χ2n) is 8.18. The van der Waals surface area contributed by atoms with Gasteiger partial charge in [-0.25, -0.2) is 9.78 Å². The molecule has 2 N–H and O–H groups in total. The molecular formula is C27H20N2O5. The monoisotopic (exact) mass is 452 g/mol. The molecule has 0 bridgehead atoms. The molecular weight excluding hydrogens is 432 g/mol. The summed E-state index contributed by atoms with van der Waals surface area (Å²) in [4.78, 5) is 42.0. The SMILES string of the molecule is CC1C(NC(=O)c2ccc3ccccc3c2)=C(c2nc3ccccc3c(=O)o2)C=CC1C(=O)O. The smallest absolute Gasteiger partial charge is 0.347 e. The maximum atomic E-state index is 13.2. The molecule has 1 aromatic heterocycles. The van der Waals surface area contributed by atoms with Gasteiger partial charge in [0, 0.05) is 17.2 Å². The van der Waals surface area contributed by atoms with E-state index in [2.05, 4.69) is 10.3 Å². The van der Waals surface area contributed by atoms with Crippen LogP contribution in [0.3, 0.4) is 0 Å². The van der Waals surface area contributed by atoms with E-state index >= 15 is 0 Å². The molecule has 0 spiro atoms. The highest BCUT2D eigenvalue weighted by atomic mass is 16.4. The minimum atomic E-state index is -1.02. The Morgan fingerprint density at radius 3 is 2.53 bits per heavy atom. The summed E-state index contributed by atoms with van der Waals surface area (Å²) in [5.41, 5.74) is 1.01. The first kappa shape index (κ1) is 21.3. The quantitative estimate of drug-likeness (QED) is 0.475. The second-order valence-corrected chi connectivity index (χ2v) is 8.18. The summed E-state index contributed by atoms with van der Waals surface area (Å²) >= 11 is 0. The number of carbonyl (C=O) groups is 2. The number of carbonyl (C=O) groups excluding carboxylic acids is 1. The summed E-state index contributed by atoms with van der Waals surface area (Å²) in [6.07, 6.45) is 3.06. The first-order chi connectivity index (χ1) is 16.4. The fraction of sp³-hybridized carbons (Fsp3) is 0.111. The van der Waals surface area contributed by atoms with Crippen molar-refractivity contribution in [3.63, 3.8) is 0 Å². The number of hydrogen-bond acceptors (Lipinski definition) is 5. The van der Waals surface area contributed by atoms with Gasteiger partial charge in [0.15, 0.2) is 0 Å². The Labute approximate surface area is 194 Å². The Balaban J connectivity index is 1.61. The number of aromatic nitrogens is 1. The normalized spacial score (nSPS) is 17.8. The van der Waals surface area contributed by atoms with Crippen LogP contribution in [0.25, 0.3) is 27.2 Å². The van der Waals surface area contributed by atoms with Crippen LogP contribution in [0.1, 0.15) is 23.2 Å². The summed E-state index contributed by atoms with van der Waals surface area (Å²) in [7, 11) is 0. The summed E-state index contributed by atoms with van der Waals surface area (Å²) < 4.78 is 5.47. The zero-order chi connectivity index (χ0) is 23.8. The summed E-state index contributed by atoms with van der Waals surface area (Å²) in [6.45, 7) is 1.71. The van der Waals surface area contributed by atoms with Gasteiger partial charge in [-0.15, -0.1) is 0 Å². The Morgan fingerprint density at radius 1 is 1.00 bits per heavy atom. The predicted octanol–water partition coefficient (Wildman–Crippen LogP) is 4.39. The molecule has 2 atom stereocenters. The summed E-state index contributed by atoms with van der Waals surface area (Å²) in [5.74, 6) is -2.85. The highest BCUT2D eigenvalue weighted by Crippen LogP contribution is 2.33. The molecule has 0 saturated heterocycles. The van der Waals surface area contributed by atoms with E-state index in [0.717, 1.165) is 10.8 Å². The molecule has 0 radical (unpaired) electrons.